The molecule has 2 aromatic rings. The third-order valence-corrected chi connectivity index (χ3v) is 4.87. The first-order chi connectivity index (χ1) is 13.5. The van der Waals surface area contributed by atoms with Crippen molar-refractivity contribution in [3.63, 3.8) is 0 Å². The van der Waals surface area contributed by atoms with E-state index in [0.29, 0.717) is 41.5 Å². The molecule has 3 amide bonds. The summed E-state index contributed by atoms with van der Waals surface area (Å²) < 4.78 is 0. The molecule has 1 aliphatic rings. The van der Waals surface area contributed by atoms with Gasteiger partial charge in [-0.1, -0.05) is 36.7 Å². The van der Waals surface area contributed by atoms with E-state index in [1.807, 2.05) is 25.1 Å². The van der Waals surface area contributed by atoms with Gasteiger partial charge in [-0.15, -0.1) is 0 Å². The maximum atomic E-state index is 12.4. The van der Waals surface area contributed by atoms with Crippen molar-refractivity contribution in [2.45, 2.75) is 26.3 Å². The Hall–Kier alpha value is -2.86. The minimum absolute atomic E-state index is 0.0592. The second kappa shape index (κ2) is 8.89. The molecule has 0 saturated carbocycles. The minimum Gasteiger partial charge on any atom is -0.352 e. The average molecular weight is 400 g/mol. The monoisotopic (exact) mass is 399 g/mol. The molecule has 146 valence electrons. The third-order valence-electron chi connectivity index (χ3n) is 4.54. The molecule has 1 heterocycles. The summed E-state index contributed by atoms with van der Waals surface area (Å²) in [6.07, 6.45) is 0.977. The van der Waals surface area contributed by atoms with Gasteiger partial charge in [-0.3, -0.25) is 14.4 Å². The van der Waals surface area contributed by atoms with E-state index in [4.69, 9.17) is 11.6 Å². The van der Waals surface area contributed by atoms with Gasteiger partial charge in [-0.05, 0) is 36.2 Å². The first-order valence-electron chi connectivity index (χ1n) is 9.24. The number of carbonyl (C=O) groups excluding carboxylic acids is 3. The van der Waals surface area contributed by atoms with Gasteiger partial charge in [-0.25, -0.2) is 0 Å². The lowest BCUT2D eigenvalue weighted by Gasteiger charge is -2.15. The van der Waals surface area contributed by atoms with Crippen LogP contribution in [0.2, 0.25) is 5.02 Å². The molecule has 7 heteroatoms. The summed E-state index contributed by atoms with van der Waals surface area (Å²) in [5.41, 5.74) is 2.48. The third kappa shape index (κ3) is 4.51. The molecule has 0 unspecified atom stereocenters. The van der Waals surface area contributed by atoms with E-state index in [1.165, 1.54) is 0 Å². The standard InChI is InChI=1S/C21H22ClN3O3/c1-2-10-23-20(27)14-7-8-17(22)18(12-14)24-19(26)9-11-25-13-15-5-3-4-6-16(15)21(25)28/h3-8,12H,2,9-11,13H2,1H3,(H,23,27)(H,24,26). The first-order valence-corrected chi connectivity index (χ1v) is 9.62. The Kier molecular flexibility index (Phi) is 6.31. The zero-order valence-corrected chi connectivity index (χ0v) is 16.4. The second-order valence-corrected chi connectivity index (χ2v) is 7.04. The highest BCUT2D eigenvalue weighted by atomic mass is 35.5. The molecule has 0 radical (unpaired) electrons. The summed E-state index contributed by atoms with van der Waals surface area (Å²) >= 11 is 6.15. The van der Waals surface area contributed by atoms with E-state index in [1.54, 1.807) is 29.2 Å². The predicted molar refractivity (Wildman–Crippen MR) is 109 cm³/mol. The number of anilines is 1. The van der Waals surface area contributed by atoms with Gasteiger partial charge >= 0.3 is 0 Å². The molecule has 3 rings (SSSR count). The summed E-state index contributed by atoms with van der Waals surface area (Å²) in [7, 11) is 0. The molecule has 0 fully saturated rings. The molecule has 2 N–H and O–H groups in total. The zero-order chi connectivity index (χ0) is 20.1. The Morgan fingerprint density at radius 1 is 1.18 bits per heavy atom. The van der Waals surface area contributed by atoms with Gasteiger partial charge < -0.3 is 15.5 Å². The molecule has 28 heavy (non-hydrogen) atoms. The van der Waals surface area contributed by atoms with Crippen molar-refractivity contribution < 1.29 is 14.4 Å². The highest BCUT2D eigenvalue weighted by molar-refractivity contribution is 6.33. The van der Waals surface area contributed by atoms with Gasteiger partial charge in [0.15, 0.2) is 0 Å². The minimum atomic E-state index is -0.267. The van der Waals surface area contributed by atoms with Gasteiger partial charge in [0.25, 0.3) is 11.8 Å². The Balaban J connectivity index is 1.58. The van der Waals surface area contributed by atoms with Crippen LogP contribution in [-0.4, -0.2) is 35.7 Å². The number of rotatable bonds is 7. The molecule has 0 atom stereocenters. The van der Waals surface area contributed by atoms with Crippen LogP contribution in [0.25, 0.3) is 0 Å². The molecule has 0 spiro atoms. The van der Waals surface area contributed by atoms with Crippen molar-refractivity contribution in [3.8, 4) is 0 Å². The maximum absolute atomic E-state index is 12.4. The number of hydrogen-bond acceptors (Lipinski definition) is 3. The highest BCUT2D eigenvalue weighted by Gasteiger charge is 2.26. The lowest BCUT2D eigenvalue weighted by Crippen LogP contribution is -2.28. The molecule has 0 saturated heterocycles. The number of benzene rings is 2. The topological polar surface area (TPSA) is 78.5 Å². The van der Waals surface area contributed by atoms with Crippen molar-refractivity contribution in [2.75, 3.05) is 18.4 Å². The van der Waals surface area contributed by atoms with Crippen LogP contribution in [0.15, 0.2) is 42.5 Å². The van der Waals surface area contributed by atoms with Crippen molar-refractivity contribution >= 4 is 35.0 Å². The molecule has 2 aromatic carbocycles. The van der Waals surface area contributed by atoms with Gasteiger partial charge in [0.2, 0.25) is 5.91 Å². The smallest absolute Gasteiger partial charge is 0.254 e. The van der Waals surface area contributed by atoms with Gasteiger partial charge in [0.1, 0.15) is 0 Å². The van der Waals surface area contributed by atoms with E-state index < -0.39 is 0 Å². The van der Waals surface area contributed by atoms with Crippen LogP contribution >= 0.6 is 11.6 Å². The SMILES string of the molecule is CCCNC(=O)c1ccc(Cl)c(NC(=O)CCN2Cc3ccccc3C2=O)c1. The maximum Gasteiger partial charge on any atom is 0.254 e. The van der Waals surface area contributed by atoms with Crippen LogP contribution in [-0.2, 0) is 11.3 Å². The summed E-state index contributed by atoms with van der Waals surface area (Å²) in [4.78, 5) is 38.4. The lowest BCUT2D eigenvalue weighted by molar-refractivity contribution is -0.116. The molecule has 1 aliphatic heterocycles. The van der Waals surface area contributed by atoms with Crippen LogP contribution in [0.1, 0.15) is 46.0 Å². The van der Waals surface area contributed by atoms with Crippen LogP contribution < -0.4 is 10.6 Å². The van der Waals surface area contributed by atoms with Gasteiger partial charge in [-0.2, -0.15) is 0 Å². The summed E-state index contributed by atoms with van der Waals surface area (Å²) in [5.74, 6) is -0.540. The van der Waals surface area contributed by atoms with E-state index in [9.17, 15) is 14.4 Å². The van der Waals surface area contributed by atoms with Gasteiger partial charge in [0, 0.05) is 37.2 Å². The Bertz CT molecular complexity index is 914. The summed E-state index contributed by atoms with van der Waals surface area (Å²) in [5, 5.41) is 5.87. The van der Waals surface area contributed by atoms with Crippen molar-refractivity contribution in [3.05, 3.63) is 64.2 Å². The number of halogens is 1. The number of nitrogens with zero attached hydrogens (tertiary/aromatic N) is 1. The molecule has 6 nitrogen and oxygen atoms in total. The number of hydrogen-bond donors (Lipinski definition) is 2. The Morgan fingerprint density at radius 2 is 1.96 bits per heavy atom. The fourth-order valence-electron chi connectivity index (χ4n) is 3.05. The largest absolute Gasteiger partial charge is 0.352 e. The fraction of sp³-hybridized carbons (Fsp3) is 0.286. The number of fused-ring (bicyclic) bond motifs is 1. The highest BCUT2D eigenvalue weighted by Crippen LogP contribution is 2.24. The number of amides is 3. The number of carbonyl (C=O) groups is 3. The fourth-order valence-corrected chi connectivity index (χ4v) is 3.21. The average Bonchev–Trinajstić information content (AvgIpc) is 3.02. The molecule has 0 aromatic heterocycles. The molecule has 0 bridgehead atoms. The second-order valence-electron chi connectivity index (χ2n) is 6.63. The molecule has 0 aliphatic carbocycles. The normalized spacial score (nSPS) is 12.6. The van der Waals surface area contributed by atoms with E-state index in [-0.39, 0.29) is 24.1 Å². The zero-order valence-electron chi connectivity index (χ0n) is 15.6. The van der Waals surface area contributed by atoms with E-state index >= 15 is 0 Å². The Labute approximate surface area is 168 Å². The van der Waals surface area contributed by atoms with Crippen molar-refractivity contribution in [1.82, 2.24) is 10.2 Å². The van der Waals surface area contributed by atoms with Crippen LogP contribution in [0, 0.1) is 0 Å². The van der Waals surface area contributed by atoms with E-state index in [0.717, 1.165) is 12.0 Å². The van der Waals surface area contributed by atoms with Crippen molar-refractivity contribution in [1.29, 1.82) is 0 Å². The Morgan fingerprint density at radius 3 is 2.71 bits per heavy atom. The summed E-state index contributed by atoms with van der Waals surface area (Å²) in [6.45, 7) is 3.37. The quantitative estimate of drug-likeness (QED) is 0.748. The molecular formula is C21H22ClN3O3. The number of nitrogens with one attached hydrogen (secondary N) is 2. The van der Waals surface area contributed by atoms with Crippen LogP contribution in [0.4, 0.5) is 5.69 Å². The molecular weight excluding hydrogens is 378 g/mol. The summed E-state index contributed by atoms with van der Waals surface area (Å²) in [6, 6.07) is 12.2. The first kappa shape index (κ1) is 19.9. The van der Waals surface area contributed by atoms with Crippen LogP contribution in [0.5, 0.6) is 0 Å². The van der Waals surface area contributed by atoms with Crippen LogP contribution in [0.3, 0.4) is 0 Å². The van der Waals surface area contributed by atoms with E-state index in [2.05, 4.69) is 10.6 Å². The predicted octanol–water partition coefficient (Wildman–Crippen LogP) is 3.46. The van der Waals surface area contributed by atoms with Gasteiger partial charge in [0.05, 0.1) is 10.7 Å². The van der Waals surface area contributed by atoms with Crippen molar-refractivity contribution in [2.24, 2.45) is 0 Å². The lowest BCUT2D eigenvalue weighted by atomic mass is 10.1.